The minimum Gasteiger partial charge on any atom is -0.338 e. The molecule has 1 unspecified atom stereocenters. The first-order chi connectivity index (χ1) is 14.3. The first-order valence-electron chi connectivity index (χ1n) is 10.5. The van der Waals surface area contributed by atoms with E-state index in [1.165, 1.54) is 12.1 Å². The Morgan fingerprint density at radius 1 is 1.13 bits per heavy atom. The molecule has 1 aromatic heterocycles. The van der Waals surface area contributed by atoms with Crippen LogP contribution in [0, 0.1) is 5.82 Å². The van der Waals surface area contributed by atoms with Crippen molar-refractivity contribution in [1.82, 2.24) is 14.5 Å². The van der Waals surface area contributed by atoms with Gasteiger partial charge in [0.25, 0.3) is 0 Å². The summed E-state index contributed by atoms with van der Waals surface area (Å²) in [6.45, 7) is 8.85. The zero-order chi connectivity index (χ0) is 21.5. The van der Waals surface area contributed by atoms with E-state index in [4.69, 9.17) is 0 Å². The largest absolute Gasteiger partial charge is 0.338 e. The molecule has 0 saturated carbocycles. The summed E-state index contributed by atoms with van der Waals surface area (Å²) in [6.07, 6.45) is 4.71. The molecule has 0 aliphatic carbocycles. The molecule has 2 heterocycles. The van der Waals surface area contributed by atoms with Crippen molar-refractivity contribution in [2.45, 2.75) is 51.6 Å². The smallest absolute Gasteiger partial charge is 0.223 e. The zero-order valence-corrected chi connectivity index (χ0v) is 18.0. The molecule has 4 rings (SSSR count). The molecule has 1 atom stereocenters. The van der Waals surface area contributed by atoms with Gasteiger partial charge in [0.05, 0.1) is 5.54 Å². The number of fused-ring (bicyclic) bond motifs is 3. The Kier molecular flexibility index (Phi) is 5.00. The number of hydrogen-bond donors (Lipinski definition) is 0. The zero-order valence-electron chi connectivity index (χ0n) is 18.0. The Morgan fingerprint density at radius 2 is 1.83 bits per heavy atom. The minimum atomic E-state index is -0.594. The average molecular weight is 406 g/mol. The minimum absolute atomic E-state index is 0.123. The molecule has 0 bridgehead atoms. The van der Waals surface area contributed by atoms with Gasteiger partial charge in [0.1, 0.15) is 11.6 Å². The summed E-state index contributed by atoms with van der Waals surface area (Å²) in [5, 5.41) is 0. The molecule has 1 aliphatic rings. The van der Waals surface area contributed by atoms with Crippen LogP contribution in [0.5, 0.6) is 0 Å². The molecule has 0 N–H and O–H groups in total. The van der Waals surface area contributed by atoms with Crippen LogP contribution >= 0.6 is 0 Å². The van der Waals surface area contributed by atoms with Crippen LogP contribution < -0.4 is 0 Å². The van der Waals surface area contributed by atoms with E-state index in [2.05, 4.69) is 42.5 Å². The van der Waals surface area contributed by atoms with Crippen LogP contribution in [0.3, 0.4) is 0 Å². The Bertz CT molecular complexity index is 1060. The molecule has 0 saturated heterocycles. The summed E-state index contributed by atoms with van der Waals surface area (Å²) in [7, 11) is 0. The lowest BCUT2D eigenvalue weighted by molar-refractivity contribution is -0.136. The molecular formula is C25H28FN3O. The topological polar surface area (TPSA) is 38.1 Å². The molecule has 5 heteroatoms. The van der Waals surface area contributed by atoms with Gasteiger partial charge in [-0.25, -0.2) is 9.37 Å². The van der Waals surface area contributed by atoms with E-state index in [1.807, 2.05) is 42.3 Å². The van der Waals surface area contributed by atoms with E-state index >= 15 is 0 Å². The molecule has 0 fully saturated rings. The molecule has 0 radical (unpaired) electrons. The number of rotatable bonds is 5. The molecule has 1 aliphatic heterocycles. The highest BCUT2D eigenvalue weighted by atomic mass is 19.1. The second-order valence-electron chi connectivity index (χ2n) is 8.84. The number of hydrogen-bond acceptors (Lipinski definition) is 2. The summed E-state index contributed by atoms with van der Waals surface area (Å²) < 4.78 is 15.9. The van der Waals surface area contributed by atoms with E-state index in [9.17, 15) is 9.18 Å². The molecule has 3 aromatic rings. The second kappa shape index (κ2) is 7.38. The van der Waals surface area contributed by atoms with Crippen LogP contribution in [0.4, 0.5) is 4.39 Å². The standard InChI is InChI=1S/C25H28FN3O/c1-5-28(24(2,3)4)22(30)14-15-25(18-10-12-19(26)13-11-18)21-9-7-6-8-20(21)23-27-16-17-29(23)25/h6-13,16-17H,5,14-15H2,1-4H3. The van der Waals surface area contributed by atoms with Crippen LogP contribution in [-0.4, -0.2) is 32.4 Å². The first kappa shape index (κ1) is 20.3. The summed E-state index contributed by atoms with van der Waals surface area (Å²) in [4.78, 5) is 19.7. The Labute approximate surface area is 177 Å². The van der Waals surface area contributed by atoms with E-state index in [1.54, 1.807) is 6.20 Å². The van der Waals surface area contributed by atoms with Crippen molar-refractivity contribution >= 4 is 5.91 Å². The average Bonchev–Trinajstić information content (AvgIpc) is 3.28. The van der Waals surface area contributed by atoms with Gasteiger partial charge < -0.3 is 9.47 Å². The number of aromatic nitrogens is 2. The molecule has 0 spiro atoms. The van der Waals surface area contributed by atoms with Gasteiger partial charge in [-0.05, 0) is 57.4 Å². The molecule has 156 valence electrons. The number of imidazole rings is 1. The Morgan fingerprint density at radius 3 is 2.50 bits per heavy atom. The monoisotopic (exact) mass is 405 g/mol. The quantitative estimate of drug-likeness (QED) is 0.584. The van der Waals surface area contributed by atoms with E-state index in [0.717, 1.165) is 22.5 Å². The second-order valence-corrected chi connectivity index (χ2v) is 8.84. The maximum atomic E-state index is 13.7. The molecular weight excluding hydrogens is 377 g/mol. The fourth-order valence-electron chi connectivity index (χ4n) is 4.85. The van der Waals surface area contributed by atoms with Crippen LogP contribution in [0.15, 0.2) is 60.9 Å². The van der Waals surface area contributed by atoms with Crippen LogP contribution in [0.1, 0.15) is 51.7 Å². The molecule has 2 aromatic carbocycles. The molecule has 1 amide bonds. The van der Waals surface area contributed by atoms with Crippen molar-refractivity contribution in [2.24, 2.45) is 0 Å². The number of halogens is 1. The lowest BCUT2D eigenvalue weighted by Gasteiger charge is -2.37. The van der Waals surface area contributed by atoms with Crippen LogP contribution in [-0.2, 0) is 10.3 Å². The first-order valence-corrected chi connectivity index (χ1v) is 10.5. The normalized spacial score (nSPS) is 17.5. The number of carbonyl (C=O) groups is 1. The highest BCUT2D eigenvalue weighted by Gasteiger charge is 2.45. The summed E-state index contributed by atoms with van der Waals surface area (Å²) in [5.74, 6) is 0.732. The van der Waals surface area contributed by atoms with Crippen LogP contribution in [0.25, 0.3) is 11.4 Å². The molecule has 30 heavy (non-hydrogen) atoms. The maximum Gasteiger partial charge on any atom is 0.223 e. The van der Waals surface area contributed by atoms with Gasteiger partial charge >= 0.3 is 0 Å². The number of benzene rings is 2. The summed E-state index contributed by atoms with van der Waals surface area (Å²) in [5.41, 5.74) is 2.29. The van der Waals surface area contributed by atoms with E-state index in [0.29, 0.717) is 19.4 Å². The van der Waals surface area contributed by atoms with Crippen molar-refractivity contribution in [1.29, 1.82) is 0 Å². The number of amides is 1. The van der Waals surface area contributed by atoms with Crippen molar-refractivity contribution < 1.29 is 9.18 Å². The van der Waals surface area contributed by atoms with Gasteiger partial charge in [-0.15, -0.1) is 0 Å². The third-order valence-corrected chi connectivity index (χ3v) is 6.12. The van der Waals surface area contributed by atoms with Gasteiger partial charge in [0.2, 0.25) is 5.91 Å². The van der Waals surface area contributed by atoms with E-state index in [-0.39, 0.29) is 17.3 Å². The Balaban J connectivity index is 1.82. The molecule has 4 nitrogen and oxygen atoms in total. The number of nitrogens with zero attached hydrogens (tertiary/aromatic N) is 3. The SMILES string of the molecule is CCN(C(=O)CCC1(c2ccc(F)cc2)c2ccccc2-c2nccn21)C(C)(C)C. The lowest BCUT2D eigenvalue weighted by atomic mass is 9.79. The van der Waals surface area contributed by atoms with Gasteiger partial charge in [-0.3, -0.25) is 4.79 Å². The summed E-state index contributed by atoms with van der Waals surface area (Å²) in [6, 6.07) is 14.8. The fraction of sp³-hybridized carbons (Fsp3) is 0.360. The lowest BCUT2D eigenvalue weighted by Crippen LogP contribution is -2.46. The highest BCUT2D eigenvalue weighted by molar-refractivity contribution is 5.78. The third kappa shape index (κ3) is 3.13. The predicted octanol–water partition coefficient (Wildman–Crippen LogP) is 5.22. The van der Waals surface area contributed by atoms with Gasteiger partial charge in [0.15, 0.2) is 0 Å². The van der Waals surface area contributed by atoms with Gasteiger partial charge in [-0.2, -0.15) is 0 Å². The maximum absolute atomic E-state index is 13.7. The highest BCUT2D eigenvalue weighted by Crippen LogP contribution is 2.49. The van der Waals surface area contributed by atoms with Gasteiger partial charge in [-0.1, -0.05) is 36.4 Å². The van der Waals surface area contributed by atoms with Gasteiger partial charge in [0, 0.05) is 36.5 Å². The van der Waals surface area contributed by atoms with E-state index < -0.39 is 5.54 Å². The number of carbonyl (C=O) groups excluding carboxylic acids is 1. The Hall–Kier alpha value is -2.95. The van der Waals surface area contributed by atoms with Crippen LogP contribution in [0.2, 0.25) is 0 Å². The predicted molar refractivity (Wildman–Crippen MR) is 117 cm³/mol. The van der Waals surface area contributed by atoms with Crippen molar-refractivity contribution in [2.75, 3.05) is 6.54 Å². The third-order valence-electron chi connectivity index (χ3n) is 6.12. The van der Waals surface area contributed by atoms with Crippen molar-refractivity contribution in [3.05, 3.63) is 77.9 Å². The van der Waals surface area contributed by atoms with Crippen molar-refractivity contribution in [3.63, 3.8) is 0 Å². The van der Waals surface area contributed by atoms with Crippen molar-refractivity contribution in [3.8, 4) is 11.4 Å². The summed E-state index contributed by atoms with van der Waals surface area (Å²) >= 11 is 0. The fourth-order valence-corrected chi connectivity index (χ4v) is 4.85.